The van der Waals surface area contributed by atoms with Gasteiger partial charge >= 0.3 is 5.97 Å². The van der Waals surface area contributed by atoms with E-state index in [-0.39, 0.29) is 5.91 Å². The SMILES string of the molecule is COC(=O)c1cccc(NC(=O)CNC2CCCC2)c1. The monoisotopic (exact) mass is 276 g/mol. The minimum atomic E-state index is -0.412. The lowest BCUT2D eigenvalue weighted by molar-refractivity contribution is -0.115. The van der Waals surface area contributed by atoms with E-state index in [1.165, 1.54) is 20.0 Å². The van der Waals surface area contributed by atoms with Crippen molar-refractivity contribution in [2.24, 2.45) is 0 Å². The van der Waals surface area contributed by atoms with Gasteiger partial charge in [0.15, 0.2) is 0 Å². The summed E-state index contributed by atoms with van der Waals surface area (Å²) in [6, 6.07) is 7.19. The third-order valence-corrected chi connectivity index (χ3v) is 3.47. The van der Waals surface area contributed by atoms with Gasteiger partial charge in [-0.05, 0) is 31.0 Å². The number of benzene rings is 1. The Morgan fingerprint density at radius 3 is 2.75 bits per heavy atom. The molecule has 1 aromatic rings. The van der Waals surface area contributed by atoms with E-state index in [2.05, 4.69) is 15.4 Å². The van der Waals surface area contributed by atoms with Gasteiger partial charge in [-0.1, -0.05) is 18.9 Å². The highest BCUT2D eigenvalue weighted by molar-refractivity contribution is 5.95. The molecular formula is C15H20N2O3. The summed E-state index contributed by atoms with van der Waals surface area (Å²) in [5.41, 5.74) is 1.03. The fourth-order valence-electron chi connectivity index (χ4n) is 2.41. The van der Waals surface area contributed by atoms with Gasteiger partial charge in [0.05, 0.1) is 19.2 Å². The number of methoxy groups -OCH3 is 1. The maximum Gasteiger partial charge on any atom is 0.337 e. The Labute approximate surface area is 118 Å². The number of nitrogens with one attached hydrogen (secondary N) is 2. The lowest BCUT2D eigenvalue weighted by atomic mass is 10.2. The zero-order chi connectivity index (χ0) is 14.4. The van der Waals surface area contributed by atoms with Crippen LogP contribution < -0.4 is 10.6 Å². The first-order valence-corrected chi connectivity index (χ1v) is 6.90. The van der Waals surface area contributed by atoms with Crippen LogP contribution in [0.2, 0.25) is 0 Å². The number of esters is 1. The standard InChI is InChI=1S/C15H20N2O3/c1-20-15(19)11-5-4-8-13(9-11)17-14(18)10-16-12-6-2-3-7-12/h4-5,8-9,12,16H,2-3,6-7,10H2,1H3,(H,17,18). The van der Waals surface area contributed by atoms with E-state index < -0.39 is 5.97 Å². The van der Waals surface area contributed by atoms with E-state index >= 15 is 0 Å². The molecule has 0 aliphatic heterocycles. The van der Waals surface area contributed by atoms with Crippen molar-refractivity contribution in [1.82, 2.24) is 5.32 Å². The predicted octanol–water partition coefficient (Wildman–Crippen LogP) is 1.94. The van der Waals surface area contributed by atoms with Crippen molar-refractivity contribution in [3.8, 4) is 0 Å². The van der Waals surface area contributed by atoms with Crippen molar-refractivity contribution in [2.45, 2.75) is 31.7 Å². The van der Waals surface area contributed by atoms with Gasteiger partial charge in [0.1, 0.15) is 0 Å². The molecule has 2 N–H and O–H groups in total. The Morgan fingerprint density at radius 1 is 1.30 bits per heavy atom. The van der Waals surface area contributed by atoms with Crippen LogP contribution in [0.15, 0.2) is 24.3 Å². The molecule has 0 heterocycles. The highest BCUT2D eigenvalue weighted by Crippen LogP contribution is 2.17. The summed E-state index contributed by atoms with van der Waals surface area (Å²) in [5.74, 6) is -0.510. The normalized spacial score (nSPS) is 15.1. The molecule has 1 aliphatic carbocycles. The summed E-state index contributed by atoms with van der Waals surface area (Å²) in [6.45, 7) is 0.299. The van der Waals surface area contributed by atoms with Crippen molar-refractivity contribution in [1.29, 1.82) is 0 Å². The van der Waals surface area contributed by atoms with E-state index in [0.717, 1.165) is 12.8 Å². The Balaban J connectivity index is 1.85. The number of carbonyl (C=O) groups excluding carboxylic acids is 2. The third-order valence-electron chi connectivity index (χ3n) is 3.47. The van der Waals surface area contributed by atoms with Crippen LogP contribution in [0.4, 0.5) is 5.69 Å². The first-order chi connectivity index (χ1) is 9.69. The number of carbonyl (C=O) groups is 2. The molecule has 1 amide bonds. The molecule has 0 bridgehead atoms. The molecule has 0 atom stereocenters. The lowest BCUT2D eigenvalue weighted by Gasteiger charge is -2.12. The molecule has 5 nitrogen and oxygen atoms in total. The molecule has 1 aliphatic rings. The molecular weight excluding hydrogens is 256 g/mol. The van der Waals surface area contributed by atoms with Gasteiger partial charge in [0.25, 0.3) is 0 Å². The molecule has 0 aromatic heterocycles. The van der Waals surface area contributed by atoms with Crippen LogP contribution in [0, 0.1) is 0 Å². The number of rotatable bonds is 5. The summed E-state index contributed by atoms with van der Waals surface area (Å²) >= 11 is 0. The number of hydrogen-bond acceptors (Lipinski definition) is 4. The second kappa shape index (κ2) is 7.05. The quantitative estimate of drug-likeness (QED) is 0.807. The van der Waals surface area contributed by atoms with Gasteiger partial charge in [-0.3, -0.25) is 4.79 Å². The van der Waals surface area contributed by atoms with E-state index in [1.54, 1.807) is 24.3 Å². The Bertz CT molecular complexity index is 482. The van der Waals surface area contributed by atoms with Crippen molar-refractivity contribution in [3.63, 3.8) is 0 Å². The maximum atomic E-state index is 11.8. The van der Waals surface area contributed by atoms with Gasteiger partial charge in [-0.15, -0.1) is 0 Å². The third kappa shape index (κ3) is 4.06. The van der Waals surface area contributed by atoms with Crippen LogP contribution in [0.25, 0.3) is 0 Å². The molecule has 2 rings (SSSR count). The first kappa shape index (κ1) is 14.5. The largest absolute Gasteiger partial charge is 0.465 e. The molecule has 0 unspecified atom stereocenters. The fourth-order valence-corrected chi connectivity index (χ4v) is 2.41. The van der Waals surface area contributed by atoms with Crippen LogP contribution in [-0.4, -0.2) is 31.6 Å². The predicted molar refractivity (Wildman–Crippen MR) is 76.7 cm³/mol. The summed E-state index contributed by atoms with van der Waals surface area (Å²) in [7, 11) is 1.33. The topological polar surface area (TPSA) is 67.4 Å². The van der Waals surface area contributed by atoms with Crippen LogP contribution >= 0.6 is 0 Å². The molecule has 20 heavy (non-hydrogen) atoms. The molecule has 108 valence electrons. The van der Waals surface area contributed by atoms with Gasteiger partial charge in [0.2, 0.25) is 5.91 Å². The van der Waals surface area contributed by atoms with E-state index in [4.69, 9.17) is 0 Å². The number of anilines is 1. The van der Waals surface area contributed by atoms with Crippen LogP contribution in [-0.2, 0) is 9.53 Å². The van der Waals surface area contributed by atoms with Crippen LogP contribution in [0.5, 0.6) is 0 Å². The summed E-state index contributed by atoms with van der Waals surface area (Å²) < 4.78 is 4.65. The highest BCUT2D eigenvalue weighted by atomic mass is 16.5. The fraction of sp³-hybridized carbons (Fsp3) is 0.467. The number of ether oxygens (including phenoxy) is 1. The zero-order valence-corrected chi connectivity index (χ0v) is 11.6. The minimum Gasteiger partial charge on any atom is -0.465 e. The summed E-state index contributed by atoms with van der Waals surface area (Å²) in [6.07, 6.45) is 4.76. The van der Waals surface area contributed by atoms with Crippen LogP contribution in [0.3, 0.4) is 0 Å². The Hall–Kier alpha value is -1.88. The van der Waals surface area contributed by atoms with Crippen LogP contribution in [0.1, 0.15) is 36.0 Å². The molecule has 0 radical (unpaired) electrons. The molecule has 0 saturated heterocycles. The first-order valence-electron chi connectivity index (χ1n) is 6.90. The van der Waals surface area contributed by atoms with E-state index in [9.17, 15) is 9.59 Å². The highest BCUT2D eigenvalue weighted by Gasteiger charge is 2.15. The van der Waals surface area contributed by atoms with Crippen molar-refractivity contribution >= 4 is 17.6 Å². The average Bonchev–Trinajstić information content (AvgIpc) is 2.98. The van der Waals surface area contributed by atoms with Gasteiger partial charge < -0.3 is 15.4 Å². The molecule has 5 heteroatoms. The van der Waals surface area contributed by atoms with Gasteiger partial charge in [-0.25, -0.2) is 4.79 Å². The minimum absolute atomic E-state index is 0.0982. The average molecular weight is 276 g/mol. The van der Waals surface area contributed by atoms with Gasteiger partial charge in [0, 0.05) is 11.7 Å². The molecule has 1 aromatic carbocycles. The molecule has 1 saturated carbocycles. The van der Waals surface area contributed by atoms with Gasteiger partial charge in [-0.2, -0.15) is 0 Å². The smallest absolute Gasteiger partial charge is 0.337 e. The second-order valence-electron chi connectivity index (χ2n) is 4.98. The van der Waals surface area contributed by atoms with Crippen molar-refractivity contribution < 1.29 is 14.3 Å². The lowest BCUT2D eigenvalue weighted by Crippen LogP contribution is -2.34. The Kier molecular flexibility index (Phi) is 5.12. The van der Waals surface area contributed by atoms with Crippen molar-refractivity contribution in [3.05, 3.63) is 29.8 Å². The number of amides is 1. The zero-order valence-electron chi connectivity index (χ0n) is 11.6. The molecule has 1 fully saturated rings. The Morgan fingerprint density at radius 2 is 2.05 bits per heavy atom. The van der Waals surface area contributed by atoms with Crippen molar-refractivity contribution in [2.75, 3.05) is 19.0 Å². The summed E-state index contributed by atoms with van der Waals surface area (Å²) in [5, 5.41) is 6.02. The maximum absolute atomic E-state index is 11.8. The number of hydrogen-bond donors (Lipinski definition) is 2. The van der Waals surface area contributed by atoms with E-state index in [1.807, 2.05) is 0 Å². The summed E-state index contributed by atoms with van der Waals surface area (Å²) in [4.78, 5) is 23.2. The molecule has 0 spiro atoms. The van der Waals surface area contributed by atoms with E-state index in [0.29, 0.717) is 23.8 Å². The second-order valence-corrected chi connectivity index (χ2v) is 4.98.